The highest BCUT2D eigenvalue weighted by Gasteiger charge is 2.37. The van der Waals surface area contributed by atoms with E-state index in [-0.39, 0.29) is 12.2 Å². The molecule has 2 unspecified atom stereocenters. The molecule has 0 N–H and O–H groups in total. The molecule has 0 aliphatic carbocycles. The topological polar surface area (TPSA) is 115 Å². The predicted molar refractivity (Wildman–Crippen MR) is 198 cm³/mol. The Kier molecular flexibility index (Phi) is 6.66. The molecule has 11 nitrogen and oxygen atoms in total. The normalized spacial score (nSPS) is 16.5. The van der Waals surface area contributed by atoms with Crippen LogP contribution in [0.3, 0.4) is 0 Å². The number of aromatic nitrogens is 8. The number of allylic oxidation sites excluding steroid dienone is 1. The average Bonchev–Trinajstić information content (AvgIpc) is 3.91. The molecule has 2 aliphatic rings. The summed E-state index contributed by atoms with van der Waals surface area (Å²) in [6.45, 7) is 0. The number of nitrogens with zero attached hydrogens (tertiary/aromatic N) is 11. The van der Waals surface area contributed by atoms with Gasteiger partial charge in [0, 0.05) is 64.8 Å². The van der Waals surface area contributed by atoms with E-state index >= 15 is 0 Å². The van der Waals surface area contributed by atoms with Gasteiger partial charge in [-0.05, 0) is 60.7 Å². The summed E-state index contributed by atoms with van der Waals surface area (Å²) < 4.78 is 4.10. The van der Waals surface area contributed by atoms with Crippen molar-refractivity contribution in [2.75, 3.05) is 4.90 Å². The molecule has 6 heterocycles. The standard InChI is InChI=1S/C40H27N11/c1-4-11-29(12-5-1)49-32-17-10-18-41-33(32)46-36(49)26-23-27(37-47-34-39(44-21-19-42-34)50(37)30-13-6-2-7-14-30)25-28(24-26)38-48-35-40(45-22-20-43-35)51(38)31-15-8-3-9-16-31/h1-25,32-33H. The summed E-state index contributed by atoms with van der Waals surface area (Å²) in [6.07, 6.45) is 12.4. The van der Waals surface area contributed by atoms with E-state index in [2.05, 4.69) is 51.3 Å². The number of anilines is 1. The molecular formula is C40H27N11. The van der Waals surface area contributed by atoms with E-state index in [1.807, 2.05) is 100 Å². The van der Waals surface area contributed by atoms with E-state index in [9.17, 15) is 0 Å². The van der Waals surface area contributed by atoms with Gasteiger partial charge in [0.15, 0.2) is 28.8 Å². The van der Waals surface area contributed by atoms with Gasteiger partial charge in [0.05, 0.1) is 6.04 Å². The third-order valence-corrected chi connectivity index (χ3v) is 9.08. The SMILES string of the molecule is C1=CC2C(N=C1)N=C(c1cc(-c3nc4nccnc4n3-c3ccccc3)cc(-c3nc4nccnc4n3-c3ccccc3)c1)N2c1ccccc1. The van der Waals surface area contributed by atoms with Crippen molar-refractivity contribution in [2.45, 2.75) is 12.2 Å². The number of para-hydroxylation sites is 3. The quantitative estimate of drug-likeness (QED) is 0.191. The fraction of sp³-hybridized carbons (Fsp3) is 0.0500. The lowest BCUT2D eigenvalue weighted by atomic mass is 10.0. The second-order valence-corrected chi connectivity index (χ2v) is 12.2. The van der Waals surface area contributed by atoms with Crippen LogP contribution < -0.4 is 4.90 Å². The summed E-state index contributed by atoms with van der Waals surface area (Å²) in [5.74, 6) is 2.16. The van der Waals surface area contributed by atoms with Gasteiger partial charge in [-0.3, -0.25) is 14.1 Å². The van der Waals surface area contributed by atoms with Crippen molar-refractivity contribution in [3.8, 4) is 34.2 Å². The van der Waals surface area contributed by atoms with Crippen molar-refractivity contribution < 1.29 is 0 Å². The largest absolute Gasteiger partial charge is 0.315 e. The summed E-state index contributed by atoms with van der Waals surface area (Å²) in [7, 11) is 0. The molecule has 8 aromatic rings. The van der Waals surface area contributed by atoms with Gasteiger partial charge in [-0.15, -0.1) is 0 Å². The first kappa shape index (κ1) is 28.8. The zero-order valence-corrected chi connectivity index (χ0v) is 27.0. The lowest BCUT2D eigenvalue weighted by molar-refractivity contribution is 0.661. The van der Waals surface area contributed by atoms with Gasteiger partial charge in [0.1, 0.15) is 17.5 Å². The first-order chi connectivity index (χ1) is 25.3. The van der Waals surface area contributed by atoms with Gasteiger partial charge in [-0.25, -0.2) is 34.9 Å². The van der Waals surface area contributed by atoms with Gasteiger partial charge in [-0.2, -0.15) is 0 Å². The number of aliphatic imine (C=N–C) groups is 2. The Morgan fingerprint density at radius 1 is 0.510 bits per heavy atom. The van der Waals surface area contributed by atoms with Gasteiger partial charge in [-0.1, -0.05) is 60.7 Å². The van der Waals surface area contributed by atoms with Crippen LogP contribution in [0.25, 0.3) is 56.7 Å². The Labute approximate surface area is 291 Å². The smallest absolute Gasteiger partial charge is 0.198 e. The minimum atomic E-state index is -0.290. The first-order valence-electron chi connectivity index (χ1n) is 16.6. The molecule has 0 saturated carbocycles. The second-order valence-electron chi connectivity index (χ2n) is 12.2. The Balaban J connectivity index is 1.27. The predicted octanol–water partition coefficient (Wildman–Crippen LogP) is 6.88. The van der Waals surface area contributed by atoms with E-state index in [1.165, 1.54) is 0 Å². The Hall–Kier alpha value is -7.14. The van der Waals surface area contributed by atoms with Crippen LogP contribution in [-0.4, -0.2) is 63.3 Å². The number of hydrogen-bond acceptors (Lipinski definition) is 9. The number of imidazole rings is 2. The van der Waals surface area contributed by atoms with Crippen LogP contribution in [0.15, 0.2) is 156 Å². The molecule has 4 aromatic carbocycles. The maximum Gasteiger partial charge on any atom is 0.198 e. The van der Waals surface area contributed by atoms with Crippen LogP contribution in [-0.2, 0) is 0 Å². The highest BCUT2D eigenvalue weighted by Crippen LogP contribution is 2.37. The molecule has 0 spiro atoms. The third-order valence-electron chi connectivity index (χ3n) is 9.08. The van der Waals surface area contributed by atoms with Crippen LogP contribution in [0.4, 0.5) is 5.69 Å². The number of hydrogen-bond donors (Lipinski definition) is 0. The molecule has 0 saturated heterocycles. The fourth-order valence-corrected chi connectivity index (χ4v) is 6.91. The summed E-state index contributed by atoms with van der Waals surface area (Å²) in [6, 6.07) is 36.8. The van der Waals surface area contributed by atoms with Crippen molar-refractivity contribution in [1.82, 2.24) is 39.0 Å². The van der Waals surface area contributed by atoms with E-state index in [4.69, 9.17) is 29.9 Å². The van der Waals surface area contributed by atoms with Crippen LogP contribution in [0.2, 0.25) is 0 Å². The van der Waals surface area contributed by atoms with Crippen LogP contribution in [0.5, 0.6) is 0 Å². The van der Waals surface area contributed by atoms with Crippen LogP contribution in [0.1, 0.15) is 5.56 Å². The molecular weight excluding hydrogens is 635 g/mol. The molecule has 4 aromatic heterocycles. The second kappa shape index (κ2) is 11.8. The van der Waals surface area contributed by atoms with Crippen molar-refractivity contribution in [3.63, 3.8) is 0 Å². The lowest BCUT2D eigenvalue weighted by Crippen LogP contribution is -2.39. The van der Waals surface area contributed by atoms with Crippen LogP contribution in [0, 0.1) is 0 Å². The number of rotatable bonds is 6. The van der Waals surface area contributed by atoms with Gasteiger partial charge in [0.25, 0.3) is 0 Å². The molecule has 0 fully saturated rings. The third kappa shape index (κ3) is 4.82. The maximum absolute atomic E-state index is 5.24. The van der Waals surface area contributed by atoms with Gasteiger partial charge in [0.2, 0.25) is 0 Å². The summed E-state index contributed by atoms with van der Waals surface area (Å²) in [4.78, 5) is 41.1. The highest BCUT2D eigenvalue weighted by atomic mass is 15.3. The van der Waals surface area contributed by atoms with E-state index < -0.39 is 0 Å². The molecule has 0 radical (unpaired) electrons. The molecule has 242 valence electrons. The monoisotopic (exact) mass is 661 g/mol. The number of amidine groups is 1. The molecule has 2 aliphatic heterocycles. The lowest BCUT2D eigenvalue weighted by Gasteiger charge is -2.28. The van der Waals surface area contributed by atoms with Crippen LogP contribution >= 0.6 is 0 Å². The van der Waals surface area contributed by atoms with Crippen molar-refractivity contribution in [1.29, 1.82) is 0 Å². The summed E-state index contributed by atoms with van der Waals surface area (Å²) in [5, 5.41) is 0. The molecule has 0 bridgehead atoms. The molecule has 2 atom stereocenters. The fourth-order valence-electron chi connectivity index (χ4n) is 6.91. The van der Waals surface area contributed by atoms with E-state index in [0.29, 0.717) is 34.2 Å². The molecule has 11 heteroatoms. The highest BCUT2D eigenvalue weighted by molar-refractivity contribution is 6.13. The van der Waals surface area contributed by atoms with Crippen molar-refractivity contribution in [3.05, 3.63) is 152 Å². The van der Waals surface area contributed by atoms with E-state index in [1.54, 1.807) is 24.8 Å². The molecule has 51 heavy (non-hydrogen) atoms. The summed E-state index contributed by atoms with van der Waals surface area (Å²) >= 11 is 0. The van der Waals surface area contributed by atoms with Crippen molar-refractivity contribution in [2.24, 2.45) is 9.98 Å². The average molecular weight is 662 g/mol. The van der Waals surface area contributed by atoms with Gasteiger partial charge >= 0.3 is 0 Å². The number of dihydropyridines is 1. The minimum absolute atomic E-state index is 0.0795. The van der Waals surface area contributed by atoms with E-state index in [0.717, 1.165) is 39.6 Å². The summed E-state index contributed by atoms with van der Waals surface area (Å²) in [5.41, 5.74) is 7.81. The molecule has 0 amide bonds. The zero-order chi connectivity index (χ0) is 33.7. The molecule has 10 rings (SSSR count). The first-order valence-corrected chi connectivity index (χ1v) is 16.6. The zero-order valence-electron chi connectivity index (χ0n) is 27.0. The number of fused-ring (bicyclic) bond motifs is 3. The Morgan fingerprint density at radius 2 is 1.00 bits per heavy atom. The Bertz CT molecular complexity index is 2520. The van der Waals surface area contributed by atoms with Gasteiger partial charge < -0.3 is 4.90 Å². The minimum Gasteiger partial charge on any atom is -0.315 e. The van der Waals surface area contributed by atoms with Crippen molar-refractivity contribution >= 4 is 40.3 Å². The Morgan fingerprint density at radius 3 is 1.55 bits per heavy atom. The number of benzene rings is 4. The maximum atomic E-state index is 5.24.